The normalized spacial score (nSPS) is 16.6. The largest absolute Gasteiger partial charge is 0.329 e. The highest BCUT2D eigenvalue weighted by Gasteiger charge is 2.21. The number of fused-ring (bicyclic) bond motifs is 1. The van der Waals surface area contributed by atoms with Crippen LogP contribution in [0.5, 0.6) is 0 Å². The second-order valence-corrected chi connectivity index (χ2v) is 6.40. The number of carbonyl (C=O) groups is 1. The lowest BCUT2D eigenvalue weighted by Crippen LogP contribution is -2.33. The molecule has 1 aliphatic rings. The third kappa shape index (κ3) is 3.88. The second-order valence-electron chi connectivity index (χ2n) is 6.40. The number of hydrogen-bond acceptors (Lipinski definition) is 3. The predicted molar refractivity (Wildman–Crippen MR) is 94.8 cm³/mol. The van der Waals surface area contributed by atoms with Crippen LogP contribution < -0.4 is 5.32 Å². The van der Waals surface area contributed by atoms with Gasteiger partial charge in [0.05, 0.1) is 0 Å². The number of anilines is 1. The zero-order valence-corrected chi connectivity index (χ0v) is 13.8. The van der Waals surface area contributed by atoms with Crippen LogP contribution in [0.4, 0.5) is 5.69 Å². The standard InChI is InChI=1S/C19H25N3O/c1-2-3-8-22-9-6-15(7-10-22)19-12-17-11-18(21-14-23)5-4-16(17)13-20-19/h4-5,11-15H,2-3,6-10H2,1H3,(H,21,23). The maximum atomic E-state index is 10.6. The van der Waals surface area contributed by atoms with E-state index in [2.05, 4.69) is 28.2 Å². The van der Waals surface area contributed by atoms with Gasteiger partial charge in [-0.2, -0.15) is 0 Å². The highest BCUT2D eigenvalue weighted by atomic mass is 16.1. The van der Waals surface area contributed by atoms with Crippen LogP contribution in [-0.2, 0) is 4.79 Å². The van der Waals surface area contributed by atoms with E-state index in [1.165, 1.54) is 51.0 Å². The summed E-state index contributed by atoms with van der Waals surface area (Å²) in [6.07, 6.45) is 7.62. The molecule has 2 aromatic rings. The molecule has 1 aliphatic heterocycles. The minimum atomic E-state index is 0.556. The molecule has 1 aromatic heterocycles. The average Bonchev–Trinajstić information content (AvgIpc) is 2.60. The first-order valence-corrected chi connectivity index (χ1v) is 8.62. The Hall–Kier alpha value is -1.94. The van der Waals surface area contributed by atoms with Gasteiger partial charge in [-0.15, -0.1) is 0 Å². The van der Waals surface area contributed by atoms with E-state index in [0.717, 1.165) is 22.9 Å². The monoisotopic (exact) mass is 311 g/mol. The molecule has 0 radical (unpaired) electrons. The molecule has 2 heterocycles. The van der Waals surface area contributed by atoms with Crippen molar-refractivity contribution in [3.63, 3.8) is 0 Å². The van der Waals surface area contributed by atoms with E-state index in [1.807, 2.05) is 24.4 Å². The molecule has 0 spiro atoms. The molecule has 1 N–H and O–H groups in total. The molecular weight excluding hydrogens is 286 g/mol. The maximum absolute atomic E-state index is 10.6. The first-order chi connectivity index (χ1) is 11.3. The number of amides is 1. The SMILES string of the molecule is CCCCN1CCC(c2cc3cc(NC=O)ccc3cn2)CC1. The molecule has 3 rings (SSSR count). The molecule has 0 atom stereocenters. The number of benzene rings is 1. The van der Waals surface area contributed by atoms with Crippen molar-refractivity contribution in [3.8, 4) is 0 Å². The molecular formula is C19H25N3O. The van der Waals surface area contributed by atoms with Crippen LogP contribution in [0.2, 0.25) is 0 Å². The summed E-state index contributed by atoms with van der Waals surface area (Å²) >= 11 is 0. The van der Waals surface area contributed by atoms with Crippen LogP contribution in [0.25, 0.3) is 10.8 Å². The van der Waals surface area contributed by atoms with Gasteiger partial charge in [0.15, 0.2) is 0 Å². The zero-order chi connectivity index (χ0) is 16.1. The van der Waals surface area contributed by atoms with Crippen molar-refractivity contribution < 1.29 is 4.79 Å². The molecule has 0 bridgehead atoms. The smallest absolute Gasteiger partial charge is 0.211 e. The molecule has 1 fully saturated rings. The van der Waals surface area contributed by atoms with Crippen molar-refractivity contribution in [2.24, 2.45) is 0 Å². The van der Waals surface area contributed by atoms with Crippen LogP contribution in [0.15, 0.2) is 30.5 Å². The molecule has 122 valence electrons. The van der Waals surface area contributed by atoms with Crippen LogP contribution >= 0.6 is 0 Å². The Morgan fingerprint density at radius 3 is 2.83 bits per heavy atom. The van der Waals surface area contributed by atoms with Crippen molar-refractivity contribution in [3.05, 3.63) is 36.2 Å². The average molecular weight is 311 g/mol. The molecule has 23 heavy (non-hydrogen) atoms. The Kier molecular flexibility index (Phi) is 5.23. The highest BCUT2D eigenvalue weighted by molar-refractivity contribution is 5.87. The first-order valence-electron chi connectivity index (χ1n) is 8.62. The molecule has 1 saturated heterocycles. The number of nitrogens with one attached hydrogen (secondary N) is 1. The third-order valence-corrected chi connectivity index (χ3v) is 4.80. The van der Waals surface area contributed by atoms with Gasteiger partial charge in [0.25, 0.3) is 0 Å². The van der Waals surface area contributed by atoms with E-state index in [1.54, 1.807) is 0 Å². The van der Waals surface area contributed by atoms with Gasteiger partial charge in [0.2, 0.25) is 6.41 Å². The summed E-state index contributed by atoms with van der Waals surface area (Å²) in [6.45, 7) is 5.84. The van der Waals surface area contributed by atoms with Gasteiger partial charge in [-0.1, -0.05) is 19.4 Å². The summed E-state index contributed by atoms with van der Waals surface area (Å²) in [5.74, 6) is 0.556. The number of carbonyl (C=O) groups excluding carboxylic acids is 1. The molecule has 0 saturated carbocycles. The van der Waals surface area contributed by atoms with Gasteiger partial charge in [-0.05, 0) is 62.5 Å². The quantitative estimate of drug-likeness (QED) is 0.826. The van der Waals surface area contributed by atoms with E-state index in [0.29, 0.717) is 5.92 Å². The molecule has 1 aromatic carbocycles. The number of unbranched alkanes of at least 4 members (excludes halogenated alkanes) is 1. The Bertz CT molecular complexity index is 663. The van der Waals surface area contributed by atoms with Gasteiger partial charge < -0.3 is 10.2 Å². The summed E-state index contributed by atoms with van der Waals surface area (Å²) in [5, 5.41) is 4.98. The first kappa shape index (κ1) is 15.9. The number of rotatable bonds is 6. The van der Waals surface area contributed by atoms with Crippen LogP contribution in [0.3, 0.4) is 0 Å². The van der Waals surface area contributed by atoms with Crippen molar-refractivity contribution in [2.45, 2.75) is 38.5 Å². The van der Waals surface area contributed by atoms with Crippen molar-refractivity contribution >= 4 is 22.9 Å². The minimum absolute atomic E-state index is 0.556. The third-order valence-electron chi connectivity index (χ3n) is 4.80. The number of piperidine rings is 1. The fraction of sp³-hybridized carbons (Fsp3) is 0.474. The van der Waals surface area contributed by atoms with Crippen LogP contribution in [0.1, 0.15) is 44.2 Å². The summed E-state index contributed by atoms with van der Waals surface area (Å²) < 4.78 is 0. The van der Waals surface area contributed by atoms with Gasteiger partial charge >= 0.3 is 0 Å². The maximum Gasteiger partial charge on any atom is 0.211 e. The lowest BCUT2D eigenvalue weighted by Gasteiger charge is -2.31. The van der Waals surface area contributed by atoms with Crippen LogP contribution in [0, 0.1) is 0 Å². The van der Waals surface area contributed by atoms with Crippen molar-refractivity contribution in [2.75, 3.05) is 25.0 Å². The molecule has 4 heteroatoms. The molecule has 1 amide bonds. The number of aromatic nitrogens is 1. The minimum Gasteiger partial charge on any atom is -0.329 e. The number of hydrogen-bond donors (Lipinski definition) is 1. The Morgan fingerprint density at radius 1 is 1.26 bits per heavy atom. The summed E-state index contributed by atoms with van der Waals surface area (Å²) in [4.78, 5) is 17.9. The van der Waals surface area contributed by atoms with Gasteiger partial charge in [0, 0.05) is 28.9 Å². The Morgan fingerprint density at radius 2 is 2.09 bits per heavy atom. The highest BCUT2D eigenvalue weighted by Crippen LogP contribution is 2.29. The second kappa shape index (κ2) is 7.55. The Labute approximate surface area is 137 Å². The van der Waals surface area contributed by atoms with Gasteiger partial charge in [0.1, 0.15) is 0 Å². The van der Waals surface area contributed by atoms with Crippen molar-refractivity contribution in [1.29, 1.82) is 0 Å². The number of pyridine rings is 1. The summed E-state index contributed by atoms with van der Waals surface area (Å²) in [7, 11) is 0. The fourth-order valence-corrected chi connectivity index (χ4v) is 3.37. The van der Waals surface area contributed by atoms with E-state index in [9.17, 15) is 4.79 Å². The van der Waals surface area contributed by atoms with Gasteiger partial charge in [-0.25, -0.2) is 0 Å². The van der Waals surface area contributed by atoms with Gasteiger partial charge in [-0.3, -0.25) is 9.78 Å². The van der Waals surface area contributed by atoms with Crippen LogP contribution in [-0.4, -0.2) is 35.9 Å². The van der Waals surface area contributed by atoms with E-state index in [-0.39, 0.29) is 0 Å². The fourth-order valence-electron chi connectivity index (χ4n) is 3.37. The summed E-state index contributed by atoms with van der Waals surface area (Å²) in [6, 6.07) is 8.12. The molecule has 0 unspecified atom stereocenters. The van der Waals surface area contributed by atoms with Crippen molar-refractivity contribution in [1.82, 2.24) is 9.88 Å². The number of nitrogens with zero attached hydrogens (tertiary/aromatic N) is 2. The topological polar surface area (TPSA) is 45.2 Å². The molecule has 4 nitrogen and oxygen atoms in total. The lowest BCUT2D eigenvalue weighted by atomic mass is 9.92. The molecule has 0 aliphatic carbocycles. The summed E-state index contributed by atoms with van der Waals surface area (Å²) in [5.41, 5.74) is 2.02. The Balaban J connectivity index is 1.71. The van der Waals surface area contributed by atoms with E-state index in [4.69, 9.17) is 0 Å². The predicted octanol–water partition coefficient (Wildman–Crippen LogP) is 3.78. The van der Waals surface area contributed by atoms with E-state index < -0.39 is 0 Å². The lowest BCUT2D eigenvalue weighted by molar-refractivity contribution is -0.105. The zero-order valence-electron chi connectivity index (χ0n) is 13.8. The van der Waals surface area contributed by atoms with E-state index >= 15 is 0 Å². The number of likely N-dealkylation sites (tertiary alicyclic amines) is 1.